The summed E-state index contributed by atoms with van der Waals surface area (Å²) < 4.78 is 0. The lowest BCUT2D eigenvalue weighted by Crippen LogP contribution is -2.45. The summed E-state index contributed by atoms with van der Waals surface area (Å²) in [5.74, 6) is -0.482. The molecule has 0 saturated carbocycles. The van der Waals surface area contributed by atoms with Crippen molar-refractivity contribution >= 4 is 22.8 Å². The van der Waals surface area contributed by atoms with Gasteiger partial charge in [0.2, 0.25) is 0 Å². The highest BCUT2D eigenvalue weighted by Gasteiger charge is 2.21. The van der Waals surface area contributed by atoms with E-state index in [1.54, 1.807) is 12.1 Å². The molecule has 0 bridgehead atoms. The fourth-order valence-corrected chi connectivity index (χ4v) is 1.95. The van der Waals surface area contributed by atoms with Crippen molar-refractivity contribution in [3.05, 3.63) is 36.0 Å². The molecule has 0 saturated heterocycles. The Morgan fingerprint density at radius 1 is 1.39 bits per heavy atom. The van der Waals surface area contributed by atoms with Crippen LogP contribution in [0.5, 0.6) is 0 Å². The van der Waals surface area contributed by atoms with Crippen LogP contribution in [-0.2, 0) is 0 Å². The predicted octanol–water partition coefficient (Wildman–Crippen LogP) is 1.91. The number of nitrogens with two attached hydrogens (primary N) is 1. The SMILES string of the molecule is CC(C)N(C(=N)N)C(=O)c1ccc2[nH]ccc2c1. The van der Waals surface area contributed by atoms with E-state index in [0.717, 1.165) is 10.9 Å². The summed E-state index contributed by atoms with van der Waals surface area (Å²) in [4.78, 5) is 16.6. The molecule has 18 heavy (non-hydrogen) atoms. The number of aromatic nitrogens is 1. The first-order valence-corrected chi connectivity index (χ1v) is 5.75. The van der Waals surface area contributed by atoms with Crippen LogP contribution in [0, 0.1) is 5.41 Å². The summed E-state index contributed by atoms with van der Waals surface area (Å²) in [7, 11) is 0. The smallest absolute Gasteiger partial charge is 0.260 e. The number of carbonyl (C=O) groups is 1. The molecule has 4 N–H and O–H groups in total. The number of fused-ring (bicyclic) bond motifs is 1. The molecule has 0 atom stereocenters. The maximum Gasteiger partial charge on any atom is 0.260 e. The highest BCUT2D eigenvalue weighted by Crippen LogP contribution is 2.16. The first kappa shape index (κ1) is 12.2. The van der Waals surface area contributed by atoms with Crippen LogP contribution < -0.4 is 5.73 Å². The van der Waals surface area contributed by atoms with E-state index in [9.17, 15) is 4.79 Å². The number of amides is 1. The molecule has 0 aliphatic carbocycles. The monoisotopic (exact) mass is 244 g/mol. The largest absolute Gasteiger partial charge is 0.370 e. The molecule has 1 aromatic carbocycles. The number of guanidine groups is 1. The fraction of sp³-hybridized carbons (Fsp3) is 0.231. The number of aromatic amines is 1. The van der Waals surface area contributed by atoms with Gasteiger partial charge in [-0.15, -0.1) is 0 Å². The Kier molecular flexibility index (Phi) is 3.06. The first-order chi connectivity index (χ1) is 8.50. The van der Waals surface area contributed by atoms with Crippen molar-refractivity contribution in [2.45, 2.75) is 19.9 Å². The second-order valence-corrected chi connectivity index (χ2v) is 4.43. The molecule has 1 aromatic heterocycles. The lowest BCUT2D eigenvalue weighted by molar-refractivity contribution is 0.0816. The van der Waals surface area contributed by atoms with Crippen molar-refractivity contribution in [2.75, 3.05) is 0 Å². The molecule has 0 unspecified atom stereocenters. The number of nitrogens with zero attached hydrogens (tertiary/aromatic N) is 1. The van der Waals surface area contributed by atoms with Crippen molar-refractivity contribution in [3.63, 3.8) is 0 Å². The summed E-state index contributed by atoms with van der Waals surface area (Å²) in [5, 5.41) is 8.44. The van der Waals surface area contributed by atoms with Crippen LogP contribution in [0.2, 0.25) is 0 Å². The molecule has 5 nitrogen and oxygen atoms in total. The summed E-state index contributed by atoms with van der Waals surface area (Å²) in [6.07, 6.45) is 1.82. The number of hydrogen-bond acceptors (Lipinski definition) is 2. The van der Waals surface area contributed by atoms with Gasteiger partial charge >= 0.3 is 0 Å². The lowest BCUT2D eigenvalue weighted by Gasteiger charge is -2.24. The zero-order chi connectivity index (χ0) is 13.3. The van der Waals surface area contributed by atoms with Gasteiger partial charge in [0.05, 0.1) is 0 Å². The van der Waals surface area contributed by atoms with Gasteiger partial charge in [0.25, 0.3) is 5.91 Å². The molecule has 0 radical (unpaired) electrons. The minimum absolute atomic E-state index is 0.142. The molecule has 0 fully saturated rings. The number of hydrogen-bond donors (Lipinski definition) is 3. The second-order valence-electron chi connectivity index (χ2n) is 4.43. The van der Waals surface area contributed by atoms with Crippen molar-refractivity contribution in [1.82, 2.24) is 9.88 Å². The van der Waals surface area contributed by atoms with E-state index in [-0.39, 0.29) is 17.9 Å². The Labute approximate surface area is 105 Å². The van der Waals surface area contributed by atoms with Crippen molar-refractivity contribution < 1.29 is 4.79 Å². The number of carbonyl (C=O) groups excluding carboxylic acids is 1. The minimum atomic E-state index is -0.249. The third-order valence-electron chi connectivity index (χ3n) is 2.79. The molecule has 1 amide bonds. The van der Waals surface area contributed by atoms with Crippen LogP contribution >= 0.6 is 0 Å². The summed E-state index contributed by atoms with van der Waals surface area (Å²) in [5.41, 5.74) is 6.96. The van der Waals surface area contributed by atoms with E-state index in [0.29, 0.717) is 5.56 Å². The molecule has 0 aliphatic heterocycles. The second kappa shape index (κ2) is 4.52. The highest BCUT2D eigenvalue weighted by molar-refractivity contribution is 6.06. The lowest BCUT2D eigenvalue weighted by atomic mass is 10.1. The van der Waals surface area contributed by atoms with Gasteiger partial charge in [0.15, 0.2) is 5.96 Å². The molecule has 0 aliphatic rings. The third kappa shape index (κ3) is 2.07. The summed E-state index contributed by atoms with van der Waals surface area (Å²) in [6, 6.07) is 7.14. The predicted molar refractivity (Wildman–Crippen MR) is 71.5 cm³/mol. The molecule has 1 heterocycles. The third-order valence-corrected chi connectivity index (χ3v) is 2.79. The van der Waals surface area contributed by atoms with E-state index in [1.165, 1.54) is 4.90 Å². The molecule has 0 spiro atoms. The van der Waals surface area contributed by atoms with E-state index in [1.807, 2.05) is 32.2 Å². The van der Waals surface area contributed by atoms with E-state index < -0.39 is 0 Å². The number of benzene rings is 1. The molecule has 5 heteroatoms. The minimum Gasteiger partial charge on any atom is -0.370 e. The normalized spacial score (nSPS) is 10.8. The summed E-state index contributed by atoms with van der Waals surface area (Å²) in [6.45, 7) is 3.66. The van der Waals surface area contributed by atoms with Gasteiger partial charge in [0, 0.05) is 28.7 Å². The quantitative estimate of drug-likeness (QED) is 0.556. The van der Waals surface area contributed by atoms with Crippen LogP contribution in [0.4, 0.5) is 0 Å². The van der Waals surface area contributed by atoms with E-state index in [2.05, 4.69) is 4.98 Å². The number of nitrogens with one attached hydrogen (secondary N) is 2. The van der Waals surface area contributed by atoms with Crippen LogP contribution in [0.15, 0.2) is 30.5 Å². The van der Waals surface area contributed by atoms with Crippen LogP contribution in [0.1, 0.15) is 24.2 Å². The van der Waals surface area contributed by atoms with E-state index >= 15 is 0 Å². The maximum atomic E-state index is 12.3. The average Bonchev–Trinajstić information content (AvgIpc) is 2.74. The summed E-state index contributed by atoms with van der Waals surface area (Å²) >= 11 is 0. The van der Waals surface area contributed by atoms with Crippen LogP contribution in [-0.4, -0.2) is 27.8 Å². The zero-order valence-electron chi connectivity index (χ0n) is 10.4. The fourth-order valence-electron chi connectivity index (χ4n) is 1.95. The maximum absolute atomic E-state index is 12.3. The average molecular weight is 244 g/mol. The molecular formula is C13H16N4O. The Hall–Kier alpha value is -2.30. The van der Waals surface area contributed by atoms with Crippen molar-refractivity contribution in [1.29, 1.82) is 5.41 Å². The Balaban J connectivity index is 2.40. The van der Waals surface area contributed by atoms with Crippen LogP contribution in [0.3, 0.4) is 0 Å². The first-order valence-electron chi connectivity index (χ1n) is 5.75. The highest BCUT2D eigenvalue weighted by atomic mass is 16.2. The van der Waals surface area contributed by atoms with Gasteiger partial charge in [0.1, 0.15) is 0 Å². The Bertz CT molecular complexity index is 600. The molecule has 94 valence electrons. The van der Waals surface area contributed by atoms with Crippen molar-refractivity contribution in [2.24, 2.45) is 5.73 Å². The zero-order valence-corrected chi connectivity index (χ0v) is 10.4. The van der Waals surface area contributed by atoms with Gasteiger partial charge in [-0.2, -0.15) is 0 Å². The number of H-pyrrole nitrogens is 1. The number of rotatable bonds is 2. The Morgan fingerprint density at radius 3 is 2.72 bits per heavy atom. The standard InChI is InChI=1S/C13H16N4O/c1-8(2)17(13(14)15)12(18)10-3-4-11-9(7-10)5-6-16-11/h3-8,16H,1-2H3,(H3,14,15). The van der Waals surface area contributed by atoms with Gasteiger partial charge in [-0.1, -0.05) is 0 Å². The van der Waals surface area contributed by atoms with E-state index in [4.69, 9.17) is 11.1 Å². The Morgan fingerprint density at radius 2 is 2.11 bits per heavy atom. The van der Waals surface area contributed by atoms with Crippen LogP contribution in [0.25, 0.3) is 10.9 Å². The van der Waals surface area contributed by atoms with Gasteiger partial charge in [-0.3, -0.25) is 15.1 Å². The molecule has 2 rings (SSSR count). The molecule has 2 aromatic rings. The van der Waals surface area contributed by atoms with Crippen molar-refractivity contribution in [3.8, 4) is 0 Å². The van der Waals surface area contributed by atoms with Gasteiger partial charge in [-0.25, -0.2) is 0 Å². The van der Waals surface area contributed by atoms with Gasteiger partial charge in [-0.05, 0) is 38.1 Å². The van der Waals surface area contributed by atoms with Gasteiger partial charge < -0.3 is 10.7 Å². The topological polar surface area (TPSA) is 86.0 Å². The molecular weight excluding hydrogens is 228 g/mol.